The number of rotatable bonds is 2. The third-order valence-electron chi connectivity index (χ3n) is 3.86. The lowest BCUT2D eigenvalue weighted by Crippen LogP contribution is -2.27. The van der Waals surface area contributed by atoms with Gasteiger partial charge in [0.2, 0.25) is 6.79 Å². The lowest BCUT2D eigenvalue weighted by atomic mass is 9.85. The molecule has 2 aliphatic rings. The predicted octanol–water partition coefficient (Wildman–Crippen LogP) is 3.10. The zero-order valence-electron chi connectivity index (χ0n) is 10.6. The second-order valence-electron chi connectivity index (χ2n) is 4.86. The third-order valence-corrected chi connectivity index (χ3v) is 4.17. The van der Waals surface area contributed by atoms with Crippen LogP contribution in [0, 0.1) is 0 Å². The van der Waals surface area contributed by atoms with Crippen molar-refractivity contribution in [3.05, 3.63) is 22.2 Å². The number of piperidine rings is 1. The number of benzene rings is 1. The van der Waals surface area contributed by atoms with Gasteiger partial charge in [-0.05, 0) is 43.8 Å². The van der Waals surface area contributed by atoms with Gasteiger partial charge in [-0.3, -0.25) is 0 Å². The van der Waals surface area contributed by atoms with E-state index in [-0.39, 0.29) is 0 Å². The van der Waals surface area contributed by atoms with Crippen LogP contribution in [0.2, 0.25) is 5.02 Å². The zero-order valence-corrected chi connectivity index (χ0v) is 11.3. The molecule has 0 atom stereocenters. The maximum absolute atomic E-state index is 6.47. The van der Waals surface area contributed by atoms with Crippen molar-refractivity contribution in [2.24, 2.45) is 0 Å². The van der Waals surface area contributed by atoms with E-state index in [1.807, 2.05) is 6.07 Å². The van der Waals surface area contributed by atoms with Gasteiger partial charge in [-0.2, -0.15) is 0 Å². The van der Waals surface area contributed by atoms with E-state index in [1.54, 1.807) is 0 Å². The molecule has 2 heterocycles. The van der Waals surface area contributed by atoms with Crippen molar-refractivity contribution in [3.63, 3.8) is 0 Å². The van der Waals surface area contributed by atoms with Crippen LogP contribution in [-0.2, 0) is 6.42 Å². The summed E-state index contributed by atoms with van der Waals surface area (Å²) in [5.74, 6) is 2.26. The minimum absolute atomic E-state index is 0.314. The SMILES string of the molecule is CCc1c2c(cc(Cl)c1C1CCNCC1)OCO2. The number of nitrogens with one attached hydrogen (secondary N) is 1. The molecule has 4 heteroatoms. The Balaban J connectivity index is 2.06. The van der Waals surface area contributed by atoms with Crippen molar-refractivity contribution < 1.29 is 9.47 Å². The molecule has 2 aliphatic heterocycles. The minimum Gasteiger partial charge on any atom is -0.454 e. The van der Waals surface area contributed by atoms with Crippen LogP contribution in [0.3, 0.4) is 0 Å². The molecule has 98 valence electrons. The van der Waals surface area contributed by atoms with Crippen molar-refractivity contribution in [1.29, 1.82) is 0 Å². The topological polar surface area (TPSA) is 30.5 Å². The molecule has 0 saturated carbocycles. The molecule has 1 aromatic rings. The van der Waals surface area contributed by atoms with Gasteiger partial charge in [0, 0.05) is 16.7 Å². The van der Waals surface area contributed by atoms with Gasteiger partial charge >= 0.3 is 0 Å². The zero-order chi connectivity index (χ0) is 12.5. The highest BCUT2D eigenvalue weighted by Crippen LogP contribution is 2.45. The van der Waals surface area contributed by atoms with Gasteiger partial charge in [0.05, 0.1) is 0 Å². The molecule has 1 N–H and O–H groups in total. The first kappa shape index (κ1) is 12.1. The maximum Gasteiger partial charge on any atom is 0.231 e. The molecule has 3 rings (SSSR count). The molecule has 0 unspecified atom stereocenters. The summed E-state index contributed by atoms with van der Waals surface area (Å²) in [6.07, 6.45) is 3.23. The average molecular weight is 268 g/mol. The molecule has 1 aromatic carbocycles. The molecule has 0 amide bonds. The molecular weight excluding hydrogens is 250 g/mol. The van der Waals surface area contributed by atoms with E-state index in [4.69, 9.17) is 21.1 Å². The van der Waals surface area contributed by atoms with Gasteiger partial charge in [-0.15, -0.1) is 0 Å². The van der Waals surface area contributed by atoms with Gasteiger partial charge in [0.15, 0.2) is 11.5 Å². The highest BCUT2D eigenvalue weighted by atomic mass is 35.5. The fourth-order valence-electron chi connectivity index (χ4n) is 2.99. The van der Waals surface area contributed by atoms with E-state index in [0.29, 0.717) is 12.7 Å². The Labute approximate surface area is 112 Å². The Bertz CT molecular complexity index is 456. The maximum atomic E-state index is 6.47. The van der Waals surface area contributed by atoms with Crippen molar-refractivity contribution >= 4 is 11.6 Å². The normalized spacial score (nSPS) is 19.2. The van der Waals surface area contributed by atoms with E-state index < -0.39 is 0 Å². The first-order valence-corrected chi connectivity index (χ1v) is 7.00. The number of fused-ring (bicyclic) bond motifs is 1. The van der Waals surface area contributed by atoms with Crippen LogP contribution in [-0.4, -0.2) is 19.9 Å². The molecule has 0 radical (unpaired) electrons. The van der Waals surface area contributed by atoms with Gasteiger partial charge < -0.3 is 14.8 Å². The number of hydrogen-bond acceptors (Lipinski definition) is 3. The molecular formula is C14H18ClNO2. The van der Waals surface area contributed by atoms with E-state index in [9.17, 15) is 0 Å². The fourth-order valence-corrected chi connectivity index (χ4v) is 3.36. The average Bonchev–Trinajstić information content (AvgIpc) is 2.85. The predicted molar refractivity (Wildman–Crippen MR) is 71.8 cm³/mol. The number of hydrogen-bond donors (Lipinski definition) is 1. The summed E-state index contributed by atoms with van der Waals surface area (Å²) in [5.41, 5.74) is 2.52. The van der Waals surface area contributed by atoms with Crippen molar-refractivity contribution in [3.8, 4) is 11.5 Å². The summed E-state index contributed by atoms with van der Waals surface area (Å²) in [4.78, 5) is 0. The Kier molecular flexibility index (Phi) is 3.35. The summed E-state index contributed by atoms with van der Waals surface area (Å²) in [6.45, 7) is 4.60. The van der Waals surface area contributed by atoms with E-state index in [2.05, 4.69) is 12.2 Å². The van der Waals surface area contributed by atoms with E-state index >= 15 is 0 Å². The van der Waals surface area contributed by atoms with E-state index in [1.165, 1.54) is 11.1 Å². The Morgan fingerprint density at radius 3 is 2.83 bits per heavy atom. The lowest BCUT2D eigenvalue weighted by molar-refractivity contribution is 0.173. The van der Waals surface area contributed by atoms with Crippen molar-refractivity contribution in [2.75, 3.05) is 19.9 Å². The number of halogens is 1. The lowest BCUT2D eigenvalue weighted by Gasteiger charge is -2.26. The van der Waals surface area contributed by atoms with Crippen LogP contribution in [0.5, 0.6) is 11.5 Å². The fraction of sp³-hybridized carbons (Fsp3) is 0.571. The highest BCUT2D eigenvalue weighted by Gasteiger charge is 2.27. The van der Waals surface area contributed by atoms with Crippen LogP contribution >= 0.6 is 11.6 Å². The van der Waals surface area contributed by atoms with Crippen LogP contribution < -0.4 is 14.8 Å². The first-order valence-electron chi connectivity index (χ1n) is 6.62. The van der Waals surface area contributed by atoms with Crippen LogP contribution in [0.25, 0.3) is 0 Å². The Morgan fingerprint density at radius 2 is 2.11 bits per heavy atom. The summed E-state index contributed by atoms with van der Waals surface area (Å²) in [7, 11) is 0. The highest BCUT2D eigenvalue weighted by molar-refractivity contribution is 6.31. The van der Waals surface area contributed by atoms with Crippen LogP contribution in [0.1, 0.15) is 36.8 Å². The minimum atomic E-state index is 0.314. The third kappa shape index (κ3) is 1.95. The Morgan fingerprint density at radius 1 is 1.33 bits per heavy atom. The van der Waals surface area contributed by atoms with Crippen molar-refractivity contribution in [2.45, 2.75) is 32.1 Å². The van der Waals surface area contributed by atoms with E-state index in [0.717, 1.165) is 48.9 Å². The Hall–Kier alpha value is -0.930. The molecule has 0 aliphatic carbocycles. The standard InChI is InChI=1S/C14H18ClNO2/c1-2-10-13(9-3-5-16-6-4-9)11(15)7-12-14(10)18-8-17-12/h7,9,16H,2-6,8H2,1H3. The first-order chi connectivity index (χ1) is 8.81. The second kappa shape index (κ2) is 4.98. The quantitative estimate of drug-likeness (QED) is 0.893. The monoisotopic (exact) mass is 267 g/mol. The molecule has 1 fully saturated rings. The molecule has 18 heavy (non-hydrogen) atoms. The van der Waals surface area contributed by atoms with Gasteiger partial charge in [-0.1, -0.05) is 18.5 Å². The summed E-state index contributed by atoms with van der Waals surface area (Å²) in [6, 6.07) is 1.92. The smallest absolute Gasteiger partial charge is 0.231 e. The summed E-state index contributed by atoms with van der Waals surface area (Å²) < 4.78 is 11.1. The largest absolute Gasteiger partial charge is 0.454 e. The van der Waals surface area contributed by atoms with Gasteiger partial charge in [-0.25, -0.2) is 0 Å². The van der Waals surface area contributed by atoms with Gasteiger partial charge in [0.1, 0.15) is 0 Å². The second-order valence-corrected chi connectivity index (χ2v) is 5.27. The van der Waals surface area contributed by atoms with Crippen LogP contribution in [0.4, 0.5) is 0 Å². The molecule has 0 bridgehead atoms. The van der Waals surface area contributed by atoms with Crippen molar-refractivity contribution in [1.82, 2.24) is 5.32 Å². The summed E-state index contributed by atoms with van der Waals surface area (Å²) in [5, 5.41) is 4.23. The summed E-state index contributed by atoms with van der Waals surface area (Å²) >= 11 is 6.47. The molecule has 0 aromatic heterocycles. The van der Waals surface area contributed by atoms with Gasteiger partial charge in [0.25, 0.3) is 0 Å². The van der Waals surface area contributed by atoms with Crippen LogP contribution in [0.15, 0.2) is 6.07 Å². The molecule has 1 saturated heterocycles. The molecule has 3 nitrogen and oxygen atoms in total. The number of ether oxygens (including phenoxy) is 2. The molecule has 0 spiro atoms.